The molecular weight excluding hydrogens is 478 g/mol. The fourth-order valence-electron chi connectivity index (χ4n) is 3.81. The number of ether oxygens (including phenoxy) is 1. The molecule has 2 aromatic carbocycles. The molecule has 2 rings (SSSR count). The first-order valence-corrected chi connectivity index (χ1v) is 14.2. The second-order valence-corrected chi connectivity index (χ2v) is 10.9. The molecule has 36 heavy (non-hydrogen) atoms. The number of hydrogen-bond donors (Lipinski definition) is 1. The summed E-state index contributed by atoms with van der Waals surface area (Å²) in [7, 11) is -2.05. The highest BCUT2D eigenvalue weighted by Gasteiger charge is 2.27. The molecule has 0 bridgehead atoms. The van der Waals surface area contributed by atoms with Gasteiger partial charge in [0.15, 0.2) is 0 Å². The van der Waals surface area contributed by atoms with Crippen LogP contribution in [0.5, 0.6) is 5.75 Å². The number of benzene rings is 2. The maximum absolute atomic E-state index is 13.3. The van der Waals surface area contributed by atoms with Crippen molar-refractivity contribution in [1.29, 1.82) is 0 Å². The highest BCUT2D eigenvalue weighted by atomic mass is 32.2. The van der Waals surface area contributed by atoms with E-state index in [0.29, 0.717) is 30.8 Å². The maximum atomic E-state index is 13.3. The predicted octanol–water partition coefficient (Wildman–Crippen LogP) is 3.62. The Balaban J connectivity index is 2.12. The molecule has 0 aromatic heterocycles. The second kappa shape index (κ2) is 13.9. The van der Waals surface area contributed by atoms with Gasteiger partial charge < -0.3 is 15.0 Å². The zero-order valence-corrected chi connectivity index (χ0v) is 22.8. The van der Waals surface area contributed by atoms with Crippen LogP contribution >= 0.6 is 0 Å². The van der Waals surface area contributed by atoms with Crippen LogP contribution in [0.3, 0.4) is 0 Å². The van der Waals surface area contributed by atoms with Gasteiger partial charge in [0.2, 0.25) is 21.8 Å². The Labute approximate surface area is 215 Å². The molecule has 0 aliphatic rings. The van der Waals surface area contributed by atoms with Gasteiger partial charge in [0, 0.05) is 31.6 Å². The summed E-state index contributed by atoms with van der Waals surface area (Å²) in [6, 6.07) is 16.0. The van der Waals surface area contributed by atoms with E-state index in [1.165, 1.54) is 11.4 Å². The van der Waals surface area contributed by atoms with E-state index in [4.69, 9.17) is 4.74 Å². The number of rotatable bonds is 14. The van der Waals surface area contributed by atoms with Gasteiger partial charge in [0.05, 0.1) is 19.1 Å². The van der Waals surface area contributed by atoms with Crippen molar-refractivity contribution in [3.8, 4) is 5.75 Å². The summed E-state index contributed by atoms with van der Waals surface area (Å²) in [6.45, 7) is 6.18. The normalized spacial score (nSPS) is 12.9. The standard InChI is InChI=1S/C27H39N3O5S/c1-6-21(2)28-27(32)22(3)29(19-17-23-12-8-7-9-13-23)26(31)16-11-18-30(36(5,33)34)24-14-10-15-25(20-24)35-4/h7-10,12-15,20-22H,6,11,16-19H2,1-5H3,(H,28,32)/t21-,22+/m0/s1. The van der Waals surface area contributed by atoms with Crippen molar-refractivity contribution >= 4 is 27.5 Å². The average molecular weight is 518 g/mol. The van der Waals surface area contributed by atoms with Crippen LogP contribution in [0.25, 0.3) is 0 Å². The second-order valence-electron chi connectivity index (χ2n) is 8.96. The molecule has 1 N–H and O–H groups in total. The Kier molecular flexibility index (Phi) is 11.2. The number of amides is 2. The molecule has 0 unspecified atom stereocenters. The first-order chi connectivity index (χ1) is 17.1. The minimum absolute atomic E-state index is 0.0113. The van der Waals surface area contributed by atoms with Gasteiger partial charge in [-0.2, -0.15) is 0 Å². The van der Waals surface area contributed by atoms with Crippen LogP contribution in [-0.4, -0.2) is 63.7 Å². The van der Waals surface area contributed by atoms with Crippen molar-refractivity contribution in [3.05, 3.63) is 60.2 Å². The highest BCUT2D eigenvalue weighted by Crippen LogP contribution is 2.23. The molecule has 9 heteroatoms. The number of sulfonamides is 1. The summed E-state index contributed by atoms with van der Waals surface area (Å²) >= 11 is 0. The number of carbonyl (C=O) groups excluding carboxylic acids is 2. The number of anilines is 1. The third-order valence-corrected chi connectivity index (χ3v) is 7.34. The fourth-order valence-corrected chi connectivity index (χ4v) is 4.76. The number of nitrogens with one attached hydrogen (secondary N) is 1. The SMILES string of the molecule is CC[C@H](C)NC(=O)[C@@H](C)N(CCc1ccccc1)C(=O)CCCN(c1cccc(OC)c1)S(C)(=O)=O. The molecule has 0 saturated heterocycles. The van der Waals surface area contributed by atoms with Crippen molar-refractivity contribution in [2.75, 3.05) is 30.8 Å². The topological polar surface area (TPSA) is 96.0 Å². The van der Waals surface area contributed by atoms with Crippen molar-refractivity contribution in [1.82, 2.24) is 10.2 Å². The van der Waals surface area contributed by atoms with E-state index in [1.807, 2.05) is 44.2 Å². The lowest BCUT2D eigenvalue weighted by molar-refractivity contribution is -0.140. The van der Waals surface area contributed by atoms with Crippen molar-refractivity contribution in [2.45, 2.75) is 58.5 Å². The summed E-state index contributed by atoms with van der Waals surface area (Å²) in [5, 5.41) is 2.96. The van der Waals surface area contributed by atoms with Gasteiger partial charge in [-0.3, -0.25) is 13.9 Å². The molecule has 0 aliphatic heterocycles. The van der Waals surface area contributed by atoms with Crippen molar-refractivity contribution in [2.24, 2.45) is 0 Å². The minimum atomic E-state index is -3.56. The van der Waals surface area contributed by atoms with Gasteiger partial charge in [-0.15, -0.1) is 0 Å². The minimum Gasteiger partial charge on any atom is -0.497 e. The largest absolute Gasteiger partial charge is 0.497 e. The average Bonchev–Trinajstić information content (AvgIpc) is 2.86. The zero-order valence-electron chi connectivity index (χ0n) is 21.9. The van der Waals surface area contributed by atoms with E-state index < -0.39 is 16.1 Å². The quantitative estimate of drug-likeness (QED) is 0.413. The van der Waals surface area contributed by atoms with Gasteiger partial charge in [-0.25, -0.2) is 8.42 Å². The summed E-state index contributed by atoms with van der Waals surface area (Å²) < 4.78 is 31.4. The fraction of sp³-hybridized carbons (Fsp3) is 0.481. The summed E-state index contributed by atoms with van der Waals surface area (Å²) in [5.41, 5.74) is 1.55. The van der Waals surface area contributed by atoms with Gasteiger partial charge >= 0.3 is 0 Å². The smallest absolute Gasteiger partial charge is 0.242 e. The Morgan fingerprint density at radius 1 is 1.03 bits per heavy atom. The van der Waals surface area contributed by atoms with E-state index in [2.05, 4.69) is 5.32 Å². The monoisotopic (exact) mass is 517 g/mol. The molecule has 0 spiro atoms. The van der Waals surface area contributed by atoms with Crippen LogP contribution in [0.1, 0.15) is 45.6 Å². The van der Waals surface area contributed by atoms with Crippen LogP contribution in [0.4, 0.5) is 5.69 Å². The Morgan fingerprint density at radius 2 is 1.72 bits per heavy atom. The highest BCUT2D eigenvalue weighted by molar-refractivity contribution is 7.92. The van der Waals surface area contributed by atoms with Gasteiger partial charge in [0.1, 0.15) is 11.8 Å². The van der Waals surface area contributed by atoms with Crippen LogP contribution in [0.2, 0.25) is 0 Å². The molecule has 2 atom stereocenters. The Morgan fingerprint density at radius 3 is 2.33 bits per heavy atom. The lowest BCUT2D eigenvalue weighted by atomic mass is 10.1. The van der Waals surface area contributed by atoms with Crippen molar-refractivity contribution in [3.63, 3.8) is 0 Å². The Bertz CT molecular complexity index is 1090. The summed E-state index contributed by atoms with van der Waals surface area (Å²) in [4.78, 5) is 27.7. The molecule has 2 aromatic rings. The molecule has 0 heterocycles. The zero-order chi connectivity index (χ0) is 26.7. The van der Waals surface area contributed by atoms with Crippen LogP contribution in [0, 0.1) is 0 Å². The molecule has 198 valence electrons. The molecule has 0 aliphatic carbocycles. The number of nitrogens with zero attached hydrogens (tertiary/aromatic N) is 2. The molecule has 0 radical (unpaired) electrons. The maximum Gasteiger partial charge on any atom is 0.242 e. The third kappa shape index (κ3) is 8.86. The van der Waals surface area contributed by atoms with Crippen LogP contribution in [-0.2, 0) is 26.0 Å². The van der Waals surface area contributed by atoms with E-state index in [1.54, 1.807) is 36.1 Å². The molecule has 2 amide bonds. The van der Waals surface area contributed by atoms with E-state index in [9.17, 15) is 18.0 Å². The third-order valence-electron chi connectivity index (χ3n) is 6.15. The first-order valence-electron chi connectivity index (χ1n) is 12.3. The van der Waals surface area contributed by atoms with Crippen LogP contribution < -0.4 is 14.4 Å². The van der Waals surface area contributed by atoms with E-state index in [0.717, 1.165) is 18.2 Å². The molecule has 0 fully saturated rings. The number of carbonyl (C=O) groups is 2. The van der Waals surface area contributed by atoms with E-state index >= 15 is 0 Å². The van der Waals surface area contributed by atoms with Gasteiger partial charge in [-0.05, 0) is 50.8 Å². The summed E-state index contributed by atoms with van der Waals surface area (Å²) in [5.74, 6) is 0.169. The predicted molar refractivity (Wildman–Crippen MR) is 144 cm³/mol. The lowest BCUT2D eigenvalue weighted by Crippen LogP contribution is -2.50. The van der Waals surface area contributed by atoms with E-state index in [-0.39, 0.29) is 30.8 Å². The number of methoxy groups -OCH3 is 1. The Hall–Kier alpha value is -3.07. The van der Waals surface area contributed by atoms with Crippen LogP contribution in [0.15, 0.2) is 54.6 Å². The molecule has 0 saturated carbocycles. The lowest BCUT2D eigenvalue weighted by Gasteiger charge is -2.30. The van der Waals surface area contributed by atoms with Gasteiger partial charge in [-0.1, -0.05) is 43.3 Å². The van der Waals surface area contributed by atoms with Crippen molar-refractivity contribution < 1.29 is 22.7 Å². The first kappa shape index (κ1) is 29.2. The molecule has 8 nitrogen and oxygen atoms in total. The van der Waals surface area contributed by atoms with Gasteiger partial charge in [0.25, 0.3) is 0 Å². The molecular formula is C27H39N3O5S. The number of hydrogen-bond acceptors (Lipinski definition) is 5. The summed E-state index contributed by atoms with van der Waals surface area (Å²) in [6.07, 6.45) is 2.98.